The van der Waals surface area contributed by atoms with E-state index in [9.17, 15) is 5.11 Å². The standard InChI is InChI=1S/C15H25NO2/c1-11-6-7-14(12(2)8-11)18-10-13(17)9-16-15(3,4)5/h6-8,13,16-17H,9-10H2,1-5H3. The summed E-state index contributed by atoms with van der Waals surface area (Å²) in [7, 11) is 0. The number of β-amino-alcohol motifs (C(OH)–C–C–N with tert-alkyl or cyclic N) is 1. The monoisotopic (exact) mass is 251 g/mol. The topological polar surface area (TPSA) is 41.5 Å². The van der Waals surface area contributed by atoms with Crippen molar-refractivity contribution in [1.82, 2.24) is 5.32 Å². The molecule has 0 spiro atoms. The highest BCUT2D eigenvalue weighted by Gasteiger charge is 2.12. The maximum Gasteiger partial charge on any atom is 0.122 e. The zero-order valence-electron chi connectivity index (χ0n) is 12.1. The Kier molecular flexibility index (Phi) is 5.17. The van der Waals surface area contributed by atoms with E-state index in [-0.39, 0.29) is 5.54 Å². The Balaban J connectivity index is 2.40. The van der Waals surface area contributed by atoms with E-state index < -0.39 is 6.10 Å². The molecule has 1 aromatic carbocycles. The highest BCUT2D eigenvalue weighted by molar-refractivity contribution is 5.35. The fraction of sp³-hybridized carbons (Fsp3) is 0.600. The average molecular weight is 251 g/mol. The van der Waals surface area contributed by atoms with Gasteiger partial charge in [-0.05, 0) is 46.2 Å². The van der Waals surface area contributed by atoms with Crippen LogP contribution in [0.25, 0.3) is 0 Å². The molecule has 0 amide bonds. The Labute approximate surface area is 110 Å². The average Bonchev–Trinajstić information content (AvgIpc) is 2.24. The molecule has 0 radical (unpaired) electrons. The Morgan fingerprint density at radius 2 is 1.94 bits per heavy atom. The van der Waals surface area contributed by atoms with Gasteiger partial charge in [-0.2, -0.15) is 0 Å². The Morgan fingerprint density at radius 3 is 2.50 bits per heavy atom. The summed E-state index contributed by atoms with van der Waals surface area (Å²) in [6.45, 7) is 11.1. The van der Waals surface area contributed by atoms with Crippen molar-refractivity contribution in [2.75, 3.05) is 13.2 Å². The first-order valence-electron chi connectivity index (χ1n) is 6.41. The van der Waals surface area contributed by atoms with Crippen molar-refractivity contribution in [3.8, 4) is 5.75 Å². The second-order valence-electron chi connectivity index (χ2n) is 5.86. The fourth-order valence-corrected chi connectivity index (χ4v) is 1.63. The third-order valence-corrected chi connectivity index (χ3v) is 2.63. The lowest BCUT2D eigenvalue weighted by Gasteiger charge is -2.23. The third-order valence-electron chi connectivity index (χ3n) is 2.63. The minimum atomic E-state index is -0.495. The Hall–Kier alpha value is -1.06. The van der Waals surface area contributed by atoms with Gasteiger partial charge >= 0.3 is 0 Å². The molecule has 0 fully saturated rings. The van der Waals surface area contributed by atoms with Gasteiger partial charge in [-0.15, -0.1) is 0 Å². The zero-order chi connectivity index (χ0) is 13.8. The smallest absolute Gasteiger partial charge is 0.122 e. The van der Waals surface area contributed by atoms with E-state index in [2.05, 4.69) is 39.1 Å². The molecular formula is C15H25NO2. The maximum absolute atomic E-state index is 9.83. The van der Waals surface area contributed by atoms with Crippen LogP contribution in [0.15, 0.2) is 18.2 Å². The highest BCUT2D eigenvalue weighted by Crippen LogP contribution is 2.18. The number of ether oxygens (including phenoxy) is 1. The van der Waals surface area contributed by atoms with Crippen LogP contribution in [0.5, 0.6) is 5.75 Å². The molecule has 3 nitrogen and oxygen atoms in total. The van der Waals surface area contributed by atoms with E-state index in [4.69, 9.17) is 4.74 Å². The van der Waals surface area contributed by atoms with Gasteiger partial charge in [-0.1, -0.05) is 17.7 Å². The van der Waals surface area contributed by atoms with Gasteiger partial charge in [-0.25, -0.2) is 0 Å². The molecule has 0 aliphatic rings. The predicted molar refractivity (Wildman–Crippen MR) is 75.2 cm³/mol. The summed E-state index contributed by atoms with van der Waals surface area (Å²) in [5, 5.41) is 13.1. The first kappa shape index (κ1) is 15.0. The third kappa shape index (κ3) is 5.52. The van der Waals surface area contributed by atoms with Crippen LogP contribution in [-0.2, 0) is 0 Å². The molecule has 0 aliphatic heterocycles. The van der Waals surface area contributed by atoms with Gasteiger partial charge in [0, 0.05) is 12.1 Å². The molecule has 0 aliphatic carbocycles. The molecular weight excluding hydrogens is 226 g/mol. The van der Waals surface area contributed by atoms with E-state index in [1.165, 1.54) is 5.56 Å². The predicted octanol–water partition coefficient (Wildman–Crippen LogP) is 2.43. The Morgan fingerprint density at radius 1 is 1.28 bits per heavy atom. The molecule has 2 N–H and O–H groups in total. The molecule has 1 aromatic rings. The van der Waals surface area contributed by atoms with Crippen LogP contribution in [-0.4, -0.2) is 29.9 Å². The quantitative estimate of drug-likeness (QED) is 0.844. The number of hydrogen-bond donors (Lipinski definition) is 2. The summed E-state index contributed by atoms with van der Waals surface area (Å²) in [4.78, 5) is 0. The Bertz CT molecular complexity index is 383. The van der Waals surface area contributed by atoms with Crippen LogP contribution in [0.2, 0.25) is 0 Å². The molecule has 1 atom stereocenters. The van der Waals surface area contributed by atoms with Crippen molar-refractivity contribution in [2.24, 2.45) is 0 Å². The van der Waals surface area contributed by atoms with Crippen LogP contribution in [0.4, 0.5) is 0 Å². The molecule has 0 saturated carbocycles. The van der Waals surface area contributed by atoms with Crippen molar-refractivity contribution in [3.63, 3.8) is 0 Å². The van der Waals surface area contributed by atoms with E-state index >= 15 is 0 Å². The number of aliphatic hydroxyl groups excluding tert-OH is 1. The molecule has 1 unspecified atom stereocenters. The molecule has 0 aromatic heterocycles. The van der Waals surface area contributed by atoms with Crippen LogP contribution in [0, 0.1) is 13.8 Å². The van der Waals surface area contributed by atoms with Crippen molar-refractivity contribution in [2.45, 2.75) is 46.3 Å². The number of aryl methyl sites for hydroxylation is 2. The number of hydrogen-bond acceptors (Lipinski definition) is 3. The summed E-state index contributed by atoms with van der Waals surface area (Å²) >= 11 is 0. The molecule has 0 saturated heterocycles. The van der Waals surface area contributed by atoms with E-state index in [0.717, 1.165) is 11.3 Å². The highest BCUT2D eigenvalue weighted by atomic mass is 16.5. The minimum Gasteiger partial charge on any atom is -0.491 e. The van der Waals surface area contributed by atoms with Gasteiger partial charge in [0.15, 0.2) is 0 Å². The van der Waals surface area contributed by atoms with Gasteiger partial charge in [0.1, 0.15) is 18.5 Å². The summed E-state index contributed by atoms with van der Waals surface area (Å²) in [5.41, 5.74) is 2.33. The summed E-state index contributed by atoms with van der Waals surface area (Å²) in [6.07, 6.45) is -0.495. The van der Waals surface area contributed by atoms with Gasteiger partial charge in [0.2, 0.25) is 0 Å². The van der Waals surface area contributed by atoms with Crippen molar-refractivity contribution < 1.29 is 9.84 Å². The lowest BCUT2D eigenvalue weighted by atomic mass is 10.1. The normalized spacial score (nSPS) is 13.4. The number of rotatable bonds is 5. The lowest BCUT2D eigenvalue weighted by Crippen LogP contribution is -2.42. The molecule has 18 heavy (non-hydrogen) atoms. The minimum absolute atomic E-state index is 0.0146. The largest absolute Gasteiger partial charge is 0.491 e. The second kappa shape index (κ2) is 6.21. The lowest BCUT2D eigenvalue weighted by molar-refractivity contribution is 0.0997. The van der Waals surface area contributed by atoms with Gasteiger partial charge < -0.3 is 15.2 Å². The first-order chi connectivity index (χ1) is 8.28. The molecule has 102 valence electrons. The van der Waals surface area contributed by atoms with E-state index in [0.29, 0.717) is 13.2 Å². The second-order valence-corrected chi connectivity index (χ2v) is 5.86. The zero-order valence-corrected chi connectivity index (χ0v) is 12.1. The summed E-state index contributed by atoms with van der Waals surface area (Å²) < 4.78 is 5.63. The molecule has 1 rings (SSSR count). The van der Waals surface area contributed by atoms with Crippen molar-refractivity contribution in [3.05, 3.63) is 29.3 Å². The van der Waals surface area contributed by atoms with Gasteiger partial charge in [-0.3, -0.25) is 0 Å². The number of nitrogens with one attached hydrogen (secondary N) is 1. The SMILES string of the molecule is Cc1ccc(OCC(O)CNC(C)(C)C)c(C)c1. The van der Waals surface area contributed by atoms with Gasteiger partial charge in [0.25, 0.3) is 0 Å². The molecule has 3 heteroatoms. The van der Waals surface area contributed by atoms with Crippen LogP contribution in [0.3, 0.4) is 0 Å². The van der Waals surface area contributed by atoms with Crippen LogP contribution in [0.1, 0.15) is 31.9 Å². The number of benzene rings is 1. The van der Waals surface area contributed by atoms with Crippen LogP contribution < -0.4 is 10.1 Å². The van der Waals surface area contributed by atoms with E-state index in [1.807, 2.05) is 19.1 Å². The maximum atomic E-state index is 9.83. The number of aliphatic hydroxyl groups is 1. The molecule has 0 heterocycles. The van der Waals surface area contributed by atoms with Crippen LogP contribution >= 0.6 is 0 Å². The summed E-state index contributed by atoms with van der Waals surface area (Å²) in [5.74, 6) is 0.843. The van der Waals surface area contributed by atoms with E-state index in [1.54, 1.807) is 0 Å². The molecule has 0 bridgehead atoms. The van der Waals surface area contributed by atoms with Crippen molar-refractivity contribution >= 4 is 0 Å². The summed E-state index contributed by atoms with van der Waals surface area (Å²) in [6, 6.07) is 6.05. The van der Waals surface area contributed by atoms with Crippen molar-refractivity contribution in [1.29, 1.82) is 0 Å². The first-order valence-corrected chi connectivity index (χ1v) is 6.41. The van der Waals surface area contributed by atoms with Gasteiger partial charge in [0.05, 0.1) is 0 Å². The fourth-order valence-electron chi connectivity index (χ4n) is 1.63.